The van der Waals surface area contributed by atoms with Crippen molar-refractivity contribution in [2.75, 3.05) is 4.90 Å². The number of non-ortho nitro benzene ring substituents is 1. The minimum atomic E-state index is -1.02. The van der Waals surface area contributed by atoms with Crippen molar-refractivity contribution in [3.05, 3.63) is 102 Å². The fraction of sp³-hybridized carbons (Fsp3) is 0.0417. The first-order chi connectivity index (χ1) is 17.1. The number of rotatable bonds is 6. The highest BCUT2D eigenvalue weighted by Gasteiger charge is 2.37. The van der Waals surface area contributed by atoms with E-state index in [2.05, 4.69) is 21.2 Å². The van der Waals surface area contributed by atoms with Gasteiger partial charge < -0.3 is 4.74 Å². The molecular weight excluding hydrogens is 577 g/mol. The van der Waals surface area contributed by atoms with E-state index in [4.69, 9.17) is 27.9 Å². The normalized spacial score (nSPS) is 14.7. The van der Waals surface area contributed by atoms with Crippen LogP contribution in [0.3, 0.4) is 0 Å². The van der Waals surface area contributed by atoms with E-state index in [0.717, 1.165) is 11.6 Å². The van der Waals surface area contributed by atoms with E-state index in [0.29, 0.717) is 30.7 Å². The second-order valence-electron chi connectivity index (χ2n) is 7.45. The van der Waals surface area contributed by atoms with E-state index in [1.54, 1.807) is 36.4 Å². The molecule has 1 heterocycles. The molecule has 12 heteroatoms. The molecule has 3 aromatic carbocycles. The van der Waals surface area contributed by atoms with Gasteiger partial charge in [0, 0.05) is 22.2 Å². The Morgan fingerprint density at radius 1 is 1.03 bits per heavy atom. The average Bonchev–Trinajstić information content (AvgIpc) is 2.83. The third-order valence-electron chi connectivity index (χ3n) is 5.05. The third kappa shape index (κ3) is 5.40. The first kappa shape index (κ1) is 25.4. The quantitative estimate of drug-likeness (QED) is 0.165. The molecule has 0 bridgehead atoms. The first-order valence-electron chi connectivity index (χ1n) is 10.2. The molecule has 1 N–H and O–H groups in total. The lowest BCUT2D eigenvalue weighted by molar-refractivity contribution is -0.384. The van der Waals surface area contributed by atoms with Crippen LogP contribution >= 0.6 is 39.1 Å². The molecule has 182 valence electrons. The van der Waals surface area contributed by atoms with Crippen LogP contribution < -0.4 is 15.0 Å². The molecule has 1 aliphatic rings. The lowest BCUT2D eigenvalue weighted by atomic mass is 10.1. The highest BCUT2D eigenvalue weighted by Crippen LogP contribution is 2.30. The smallest absolute Gasteiger partial charge is 0.335 e. The first-order valence-corrected chi connectivity index (χ1v) is 11.7. The lowest BCUT2D eigenvalue weighted by Crippen LogP contribution is -2.54. The molecule has 3 aromatic rings. The molecule has 1 fully saturated rings. The highest BCUT2D eigenvalue weighted by molar-refractivity contribution is 9.10. The van der Waals surface area contributed by atoms with Crippen LogP contribution in [0, 0.1) is 10.1 Å². The van der Waals surface area contributed by atoms with Crippen LogP contribution in [0.15, 0.2) is 70.7 Å². The van der Waals surface area contributed by atoms with Crippen LogP contribution in [0.1, 0.15) is 11.1 Å². The predicted octanol–water partition coefficient (Wildman–Crippen LogP) is 5.91. The summed E-state index contributed by atoms with van der Waals surface area (Å²) in [4.78, 5) is 49.4. The number of ether oxygens (including phenoxy) is 1. The van der Waals surface area contributed by atoms with Gasteiger partial charge in [-0.2, -0.15) is 0 Å². The van der Waals surface area contributed by atoms with Crippen LogP contribution in [0.25, 0.3) is 6.08 Å². The van der Waals surface area contributed by atoms with Gasteiger partial charge in [-0.3, -0.25) is 25.0 Å². The number of benzene rings is 3. The summed E-state index contributed by atoms with van der Waals surface area (Å²) in [6.45, 7) is 0.118. The fourth-order valence-corrected chi connectivity index (χ4v) is 4.05. The number of amides is 4. The van der Waals surface area contributed by atoms with Crippen molar-refractivity contribution < 1.29 is 24.0 Å². The zero-order valence-electron chi connectivity index (χ0n) is 18.0. The molecule has 0 spiro atoms. The Morgan fingerprint density at radius 2 is 1.81 bits per heavy atom. The molecule has 4 rings (SSSR count). The van der Waals surface area contributed by atoms with Gasteiger partial charge in [-0.1, -0.05) is 51.3 Å². The summed E-state index contributed by atoms with van der Waals surface area (Å²) in [6.07, 6.45) is 1.28. The zero-order valence-corrected chi connectivity index (χ0v) is 21.1. The van der Waals surface area contributed by atoms with Gasteiger partial charge in [-0.25, -0.2) is 9.69 Å². The van der Waals surface area contributed by atoms with Crippen LogP contribution in [-0.4, -0.2) is 22.8 Å². The summed E-state index contributed by atoms with van der Waals surface area (Å²) in [7, 11) is 0. The number of hydrogen-bond donors (Lipinski definition) is 1. The number of carbonyl (C=O) groups excluding carboxylic acids is 3. The second-order valence-corrected chi connectivity index (χ2v) is 9.18. The van der Waals surface area contributed by atoms with Gasteiger partial charge in [0.25, 0.3) is 17.5 Å². The van der Waals surface area contributed by atoms with Gasteiger partial charge in [-0.15, -0.1) is 0 Å². The van der Waals surface area contributed by atoms with Gasteiger partial charge in [0.2, 0.25) is 0 Å². The number of nitro groups is 1. The Labute approximate surface area is 222 Å². The van der Waals surface area contributed by atoms with E-state index >= 15 is 0 Å². The topological polar surface area (TPSA) is 119 Å². The van der Waals surface area contributed by atoms with Crippen molar-refractivity contribution >= 4 is 74.4 Å². The van der Waals surface area contributed by atoms with Gasteiger partial charge in [0.15, 0.2) is 0 Å². The molecule has 0 radical (unpaired) electrons. The summed E-state index contributed by atoms with van der Waals surface area (Å²) in [6, 6.07) is 14.0. The number of nitrogens with zero attached hydrogens (tertiary/aromatic N) is 2. The number of urea groups is 1. The SMILES string of the molecule is O=C1NC(=O)N(c2cccc([N+](=O)[O-])c2)C(=O)/C1=C/c1cc(Br)ccc1OCc1ccc(Cl)c(Cl)c1. The maximum atomic E-state index is 13.2. The number of nitrogens with one attached hydrogen (secondary N) is 1. The standard InChI is InChI=1S/C24H14BrCl2N3O6/c25-15-5-7-21(36-12-13-4-6-19(26)20(27)8-13)14(9-15)10-18-22(31)28-24(33)29(23(18)32)16-2-1-3-17(11-16)30(34)35/h1-11H,12H2,(H,28,31,33)/b18-10+. The van der Waals surface area contributed by atoms with Crippen LogP contribution in [0.5, 0.6) is 5.75 Å². The number of hydrogen-bond acceptors (Lipinski definition) is 6. The molecule has 0 saturated carbocycles. The Morgan fingerprint density at radius 3 is 2.53 bits per heavy atom. The van der Waals surface area contributed by atoms with Crippen molar-refractivity contribution in [3.63, 3.8) is 0 Å². The molecule has 0 aromatic heterocycles. The van der Waals surface area contributed by atoms with Crippen molar-refractivity contribution in [3.8, 4) is 5.75 Å². The van der Waals surface area contributed by atoms with Crippen molar-refractivity contribution in [1.82, 2.24) is 5.32 Å². The van der Waals surface area contributed by atoms with E-state index in [1.807, 2.05) is 0 Å². The molecule has 36 heavy (non-hydrogen) atoms. The van der Waals surface area contributed by atoms with E-state index < -0.39 is 22.8 Å². The molecule has 0 unspecified atom stereocenters. The summed E-state index contributed by atoms with van der Waals surface area (Å²) in [5.41, 5.74) is 0.366. The molecule has 4 amide bonds. The summed E-state index contributed by atoms with van der Waals surface area (Å²) < 4.78 is 6.54. The summed E-state index contributed by atoms with van der Waals surface area (Å²) >= 11 is 15.4. The molecule has 0 atom stereocenters. The minimum Gasteiger partial charge on any atom is -0.488 e. The highest BCUT2D eigenvalue weighted by atomic mass is 79.9. The molecule has 1 aliphatic heterocycles. The number of anilines is 1. The Balaban J connectivity index is 1.68. The minimum absolute atomic E-state index is 0.0598. The van der Waals surface area contributed by atoms with E-state index in [-0.39, 0.29) is 23.6 Å². The van der Waals surface area contributed by atoms with Crippen molar-refractivity contribution in [2.24, 2.45) is 0 Å². The largest absolute Gasteiger partial charge is 0.488 e. The predicted molar refractivity (Wildman–Crippen MR) is 137 cm³/mol. The summed E-state index contributed by atoms with van der Waals surface area (Å²) in [5, 5.41) is 14.0. The Hall–Kier alpha value is -3.73. The maximum absolute atomic E-state index is 13.2. The Bertz CT molecular complexity index is 1460. The van der Waals surface area contributed by atoms with Crippen molar-refractivity contribution in [2.45, 2.75) is 6.61 Å². The second kappa shape index (κ2) is 10.5. The molecule has 1 saturated heterocycles. The average molecular weight is 591 g/mol. The van der Waals surface area contributed by atoms with Crippen LogP contribution in [-0.2, 0) is 16.2 Å². The van der Waals surface area contributed by atoms with Crippen molar-refractivity contribution in [1.29, 1.82) is 0 Å². The zero-order chi connectivity index (χ0) is 26.0. The molecular formula is C24H14BrCl2N3O6. The number of carbonyl (C=O) groups is 3. The summed E-state index contributed by atoms with van der Waals surface area (Å²) in [5.74, 6) is -1.52. The fourth-order valence-electron chi connectivity index (χ4n) is 3.35. The number of nitro benzene ring substituents is 1. The van der Waals surface area contributed by atoms with E-state index in [9.17, 15) is 24.5 Å². The van der Waals surface area contributed by atoms with E-state index in [1.165, 1.54) is 24.3 Å². The maximum Gasteiger partial charge on any atom is 0.335 e. The van der Waals surface area contributed by atoms with Crippen LogP contribution in [0.2, 0.25) is 10.0 Å². The Kier molecular flexibility index (Phi) is 7.39. The van der Waals surface area contributed by atoms with Gasteiger partial charge in [-0.05, 0) is 48.0 Å². The third-order valence-corrected chi connectivity index (χ3v) is 6.28. The lowest BCUT2D eigenvalue weighted by Gasteiger charge is -2.26. The molecule has 9 nitrogen and oxygen atoms in total. The monoisotopic (exact) mass is 589 g/mol. The van der Waals surface area contributed by atoms with Gasteiger partial charge in [0.05, 0.1) is 20.7 Å². The van der Waals surface area contributed by atoms with Crippen LogP contribution in [0.4, 0.5) is 16.2 Å². The number of imide groups is 2. The number of halogens is 3. The number of barbiturate groups is 1. The van der Waals surface area contributed by atoms with Gasteiger partial charge in [0.1, 0.15) is 17.9 Å². The molecule has 0 aliphatic carbocycles. The van der Waals surface area contributed by atoms with Gasteiger partial charge >= 0.3 is 6.03 Å².